The van der Waals surface area contributed by atoms with Gasteiger partial charge in [-0.25, -0.2) is 19.6 Å². The van der Waals surface area contributed by atoms with Gasteiger partial charge in [-0.05, 0) is 68.9 Å². The molecule has 2 amide bonds. The van der Waals surface area contributed by atoms with Gasteiger partial charge in [-0.15, -0.1) is 0 Å². The van der Waals surface area contributed by atoms with Crippen LogP contribution >= 0.6 is 11.6 Å². The van der Waals surface area contributed by atoms with E-state index in [-0.39, 0.29) is 53.6 Å². The first-order valence-corrected chi connectivity index (χ1v) is 13.3. The van der Waals surface area contributed by atoms with Crippen LogP contribution in [0.3, 0.4) is 0 Å². The number of carbonyl (C=O) groups is 3. The lowest BCUT2D eigenvalue weighted by Gasteiger charge is -2.31. The van der Waals surface area contributed by atoms with Gasteiger partial charge >= 0.3 is 12.1 Å². The van der Waals surface area contributed by atoms with Gasteiger partial charge in [-0.3, -0.25) is 4.79 Å². The highest BCUT2D eigenvalue weighted by Gasteiger charge is 2.26. The van der Waals surface area contributed by atoms with E-state index in [1.165, 1.54) is 12.1 Å². The van der Waals surface area contributed by atoms with Gasteiger partial charge in [0.2, 0.25) is 0 Å². The van der Waals surface area contributed by atoms with Crippen LogP contribution in [0, 0.1) is 12.8 Å². The van der Waals surface area contributed by atoms with E-state index in [0.717, 1.165) is 16.7 Å². The Morgan fingerprint density at radius 2 is 1.71 bits per heavy atom. The van der Waals surface area contributed by atoms with Crippen LogP contribution in [0.4, 0.5) is 16.4 Å². The second kappa shape index (κ2) is 13.3. The number of carboxylic acid groups (broad SMARTS) is 1. The summed E-state index contributed by atoms with van der Waals surface area (Å²) in [4.78, 5) is 47.0. The van der Waals surface area contributed by atoms with Crippen molar-refractivity contribution < 1.29 is 24.2 Å². The molecular weight excluding hydrogens is 548 g/mol. The van der Waals surface area contributed by atoms with Crippen LogP contribution in [0.25, 0.3) is 0 Å². The molecule has 0 radical (unpaired) electrons. The molecule has 218 valence electrons. The molecule has 12 heteroatoms. The summed E-state index contributed by atoms with van der Waals surface area (Å²) in [7, 11) is 0. The summed E-state index contributed by atoms with van der Waals surface area (Å²) in [5.74, 6) is -2.12. The van der Waals surface area contributed by atoms with Crippen LogP contribution in [0.1, 0.15) is 58.3 Å². The number of benzene rings is 2. The van der Waals surface area contributed by atoms with Crippen LogP contribution in [-0.2, 0) is 17.7 Å². The van der Waals surface area contributed by atoms with Gasteiger partial charge < -0.3 is 31.5 Å². The molecule has 2 aromatic carbocycles. The molecule has 0 aliphatic heterocycles. The maximum Gasteiger partial charge on any atom is 0.410 e. The van der Waals surface area contributed by atoms with Crippen LogP contribution in [0.15, 0.2) is 48.5 Å². The van der Waals surface area contributed by atoms with E-state index in [1.54, 1.807) is 37.8 Å². The smallest absolute Gasteiger partial charge is 0.410 e. The Hall–Kier alpha value is -4.38. The Balaban J connectivity index is 1.88. The standard InChI is InChI=1S/C29H35ClN6O5/c1-17-7-5-6-8-21(17)13-19(14-33-26(37)22-24(31)35-25(32)23(30)34-22)16-36(28(40)41-29(2,3)4)15-18-9-11-20(12-10-18)27(38)39/h5-12,19H,13-16H2,1-4H3,(H,33,37)(H,38,39)(H4,31,32,35). The van der Waals surface area contributed by atoms with Crippen molar-refractivity contribution in [2.45, 2.75) is 46.3 Å². The first-order valence-electron chi connectivity index (χ1n) is 12.9. The van der Waals surface area contributed by atoms with Gasteiger partial charge in [-0.2, -0.15) is 0 Å². The fourth-order valence-corrected chi connectivity index (χ4v) is 4.22. The number of hydrogen-bond acceptors (Lipinski definition) is 8. The number of ether oxygens (including phenoxy) is 1. The second-order valence-electron chi connectivity index (χ2n) is 10.7. The van der Waals surface area contributed by atoms with Gasteiger partial charge in [0.05, 0.1) is 5.56 Å². The molecule has 6 N–H and O–H groups in total. The molecule has 3 aromatic rings. The molecule has 0 aliphatic carbocycles. The van der Waals surface area contributed by atoms with Crippen LogP contribution in [0.2, 0.25) is 5.15 Å². The first-order chi connectivity index (χ1) is 19.2. The summed E-state index contributed by atoms with van der Waals surface area (Å²) in [6.07, 6.45) is -0.00484. The number of carboxylic acids is 1. The van der Waals surface area contributed by atoms with Crippen LogP contribution in [0.5, 0.6) is 0 Å². The molecule has 41 heavy (non-hydrogen) atoms. The van der Waals surface area contributed by atoms with Gasteiger partial charge in [-0.1, -0.05) is 48.0 Å². The lowest BCUT2D eigenvalue weighted by molar-refractivity contribution is 0.0202. The average Bonchev–Trinajstić information content (AvgIpc) is 2.89. The molecule has 0 saturated carbocycles. The third kappa shape index (κ3) is 9.07. The van der Waals surface area contributed by atoms with E-state index in [1.807, 2.05) is 31.2 Å². The molecule has 0 spiro atoms. The quantitative estimate of drug-likeness (QED) is 0.271. The van der Waals surface area contributed by atoms with Crippen molar-refractivity contribution >= 4 is 41.2 Å². The van der Waals surface area contributed by atoms with E-state index in [9.17, 15) is 19.5 Å². The van der Waals surface area contributed by atoms with Gasteiger partial charge in [0.25, 0.3) is 5.91 Å². The number of nitrogens with zero attached hydrogens (tertiary/aromatic N) is 3. The number of hydrogen-bond donors (Lipinski definition) is 4. The molecule has 11 nitrogen and oxygen atoms in total. The van der Waals surface area contributed by atoms with Crippen molar-refractivity contribution in [1.82, 2.24) is 20.2 Å². The number of halogens is 1. The van der Waals surface area contributed by atoms with E-state index in [2.05, 4.69) is 15.3 Å². The van der Waals surface area contributed by atoms with Crippen molar-refractivity contribution in [3.8, 4) is 0 Å². The summed E-state index contributed by atoms with van der Waals surface area (Å²) in [5, 5.41) is 11.9. The molecule has 1 atom stereocenters. The fraction of sp³-hybridized carbons (Fsp3) is 0.345. The Morgan fingerprint density at radius 1 is 1.05 bits per heavy atom. The Bertz CT molecular complexity index is 1410. The highest BCUT2D eigenvalue weighted by Crippen LogP contribution is 2.20. The predicted octanol–water partition coefficient (Wildman–Crippen LogP) is 4.33. The summed E-state index contributed by atoms with van der Waals surface area (Å²) in [5.41, 5.74) is 13.6. The Labute approximate surface area is 243 Å². The summed E-state index contributed by atoms with van der Waals surface area (Å²) >= 11 is 5.95. The number of anilines is 2. The normalized spacial score (nSPS) is 11.9. The minimum Gasteiger partial charge on any atom is -0.478 e. The van der Waals surface area contributed by atoms with Crippen molar-refractivity contribution in [3.63, 3.8) is 0 Å². The summed E-state index contributed by atoms with van der Waals surface area (Å²) in [6.45, 7) is 7.87. The molecule has 0 aliphatic rings. The number of nitrogens with two attached hydrogens (primary N) is 2. The van der Waals surface area contributed by atoms with Crippen LogP contribution < -0.4 is 16.8 Å². The minimum atomic E-state index is -1.04. The molecule has 3 rings (SSSR count). The van der Waals surface area contributed by atoms with Crippen molar-refractivity contribution in [2.75, 3.05) is 24.6 Å². The molecule has 0 fully saturated rings. The van der Waals surface area contributed by atoms with Crippen molar-refractivity contribution in [1.29, 1.82) is 0 Å². The van der Waals surface area contributed by atoms with Gasteiger partial charge in [0.15, 0.2) is 22.5 Å². The number of aromatic carboxylic acids is 1. The largest absolute Gasteiger partial charge is 0.478 e. The van der Waals surface area contributed by atoms with Gasteiger partial charge in [0.1, 0.15) is 5.60 Å². The number of nitrogen functional groups attached to an aromatic ring is 2. The predicted molar refractivity (Wildman–Crippen MR) is 157 cm³/mol. The zero-order chi connectivity index (χ0) is 30.3. The van der Waals surface area contributed by atoms with Crippen molar-refractivity contribution in [3.05, 3.63) is 81.6 Å². The summed E-state index contributed by atoms with van der Waals surface area (Å²) in [6, 6.07) is 14.1. The number of rotatable bonds is 10. The maximum atomic E-state index is 13.3. The minimum absolute atomic E-state index is 0.0810. The summed E-state index contributed by atoms with van der Waals surface area (Å²) < 4.78 is 5.69. The number of amides is 2. The maximum absolute atomic E-state index is 13.3. The van der Waals surface area contributed by atoms with E-state index in [0.29, 0.717) is 6.42 Å². The number of nitrogens with one attached hydrogen (secondary N) is 1. The monoisotopic (exact) mass is 582 g/mol. The van der Waals surface area contributed by atoms with Crippen molar-refractivity contribution in [2.24, 2.45) is 5.92 Å². The SMILES string of the molecule is Cc1ccccc1CC(CNC(=O)c1nc(Cl)c(N)nc1N)CN(Cc1ccc(C(=O)O)cc1)C(=O)OC(C)(C)C. The molecule has 0 bridgehead atoms. The van der Waals surface area contributed by atoms with E-state index < -0.39 is 23.6 Å². The third-order valence-corrected chi connectivity index (χ3v) is 6.42. The average molecular weight is 583 g/mol. The number of aryl methyl sites for hydroxylation is 1. The zero-order valence-corrected chi connectivity index (χ0v) is 24.2. The molecular formula is C29H35ClN6O5. The molecule has 0 saturated heterocycles. The number of carbonyl (C=O) groups excluding carboxylic acids is 2. The Morgan fingerprint density at radius 3 is 2.32 bits per heavy atom. The zero-order valence-electron chi connectivity index (χ0n) is 23.5. The second-order valence-corrected chi connectivity index (χ2v) is 11.1. The molecule has 1 unspecified atom stereocenters. The first kappa shape index (κ1) is 31.2. The van der Waals surface area contributed by atoms with Crippen LogP contribution in [-0.4, -0.2) is 56.6 Å². The van der Waals surface area contributed by atoms with E-state index >= 15 is 0 Å². The van der Waals surface area contributed by atoms with E-state index in [4.69, 9.17) is 27.8 Å². The topological polar surface area (TPSA) is 174 Å². The fourth-order valence-electron chi connectivity index (χ4n) is 4.10. The third-order valence-electron chi connectivity index (χ3n) is 6.15. The van der Waals surface area contributed by atoms with Gasteiger partial charge in [0, 0.05) is 19.6 Å². The lowest BCUT2D eigenvalue weighted by Crippen LogP contribution is -2.42. The Kier molecular flexibility index (Phi) is 10.1. The molecule has 1 aromatic heterocycles. The molecule has 1 heterocycles. The highest BCUT2D eigenvalue weighted by molar-refractivity contribution is 6.31. The lowest BCUT2D eigenvalue weighted by atomic mass is 9.95. The number of aromatic nitrogens is 2. The highest BCUT2D eigenvalue weighted by atomic mass is 35.5.